The van der Waals surface area contributed by atoms with Gasteiger partial charge in [0.1, 0.15) is 5.54 Å². The Kier molecular flexibility index (Phi) is 4.80. The van der Waals surface area contributed by atoms with Gasteiger partial charge in [0.25, 0.3) is 5.91 Å². The lowest BCUT2D eigenvalue weighted by atomic mass is 9.64. The largest absolute Gasteiger partial charge is 0.465 e. The Balaban J connectivity index is 2.16. The number of carbonyl (C=O) groups is 4. The first-order chi connectivity index (χ1) is 13.4. The number of urea groups is 1. The molecule has 0 saturated carbocycles. The molecule has 9 heteroatoms. The first kappa shape index (κ1) is 20.6. The Morgan fingerprint density at radius 1 is 1.17 bits per heavy atom. The molecule has 9 nitrogen and oxygen atoms in total. The summed E-state index contributed by atoms with van der Waals surface area (Å²) in [6.07, 6.45) is -0.857. The Bertz CT molecular complexity index is 876. The minimum atomic E-state index is -1.20. The van der Waals surface area contributed by atoms with Crippen molar-refractivity contribution in [2.24, 2.45) is 17.1 Å². The third kappa shape index (κ3) is 3.10. The number of likely N-dealkylation sites (tertiary alicyclic amines) is 1. The summed E-state index contributed by atoms with van der Waals surface area (Å²) in [6.45, 7) is 6.10. The standard InChI is InChI=1S/C20H26N4O5/c1-19(2,3)14-11-23(18(28)29)10-9-20(14)16(26)22(4)17(27)24(20)13-7-5-12(6-8-13)15(21)25/h5-8,14H,9-11H2,1-4H3,(H2,21,25)(H,28,29). The molecule has 1 aromatic rings. The van der Waals surface area contributed by atoms with E-state index in [9.17, 15) is 24.3 Å². The van der Waals surface area contributed by atoms with Crippen LogP contribution in [-0.2, 0) is 4.79 Å². The molecule has 2 fully saturated rings. The molecule has 0 bridgehead atoms. The van der Waals surface area contributed by atoms with Gasteiger partial charge in [-0.1, -0.05) is 20.8 Å². The summed E-state index contributed by atoms with van der Waals surface area (Å²) >= 11 is 0. The molecule has 3 rings (SSSR count). The van der Waals surface area contributed by atoms with Crippen molar-refractivity contribution in [3.05, 3.63) is 29.8 Å². The smallest absolute Gasteiger partial charge is 0.407 e. The highest BCUT2D eigenvalue weighted by Crippen LogP contribution is 2.49. The van der Waals surface area contributed by atoms with Crippen LogP contribution >= 0.6 is 0 Å². The maximum atomic E-state index is 13.4. The summed E-state index contributed by atoms with van der Waals surface area (Å²) in [7, 11) is 1.44. The predicted octanol–water partition coefficient (Wildman–Crippen LogP) is 1.97. The number of likely N-dealkylation sites (N-methyl/N-ethyl adjacent to an activating group) is 1. The number of hydrogen-bond acceptors (Lipinski definition) is 4. The lowest BCUT2D eigenvalue weighted by Crippen LogP contribution is -2.66. The monoisotopic (exact) mass is 402 g/mol. The molecule has 2 atom stereocenters. The summed E-state index contributed by atoms with van der Waals surface area (Å²) in [5.74, 6) is -1.36. The van der Waals surface area contributed by atoms with Gasteiger partial charge in [-0.15, -0.1) is 0 Å². The average Bonchev–Trinajstić information content (AvgIpc) is 2.82. The van der Waals surface area contributed by atoms with Crippen LogP contribution in [0.15, 0.2) is 24.3 Å². The molecule has 2 unspecified atom stereocenters. The van der Waals surface area contributed by atoms with Crippen molar-refractivity contribution in [2.75, 3.05) is 25.0 Å². The van der Waals surface area contributed by atoms with E-state index < -0.39 is 34.9 Å². The van der Waals surface area contributed by atoms with Crippen molar-refractivity contribution in [1.29, 1.82) is 0 Å². The van der Waals surface area contributed by atoms with Crippen molar-refractivity contribution in [3.8, 4) is 0 Å². The fourth-order valence-corrected chi connectivity index (χ4v) is 4.54. The number of primary amides is 1. The van der Waals surface area contributed by atoms with Gasteiger partial charge in [0.15, 0.2) is 0 Å². The van der Waals surface area contributed by atoms with E-state index in [0.717, 1.165) is 4.90 Å². The molecule has 1 aromatic carbocycles. The Morgan fingerprint density at radius 3 is 2.24 bits per heavy atom. The van der Waals surface area contributed by atoms with E-state index in [1.54, 1.807) is 12.1 Å². The Morgan fingerprint density at radius 2 is 1.76 bits per heavy atom. The number of hydrogen-bond donors (Lipinski definition) is 2. The first-order valence-corrected chi connectivity index (χ1v) is 9.41. The highest BCUT2D eigenvalue weighted by Gasteiger charge is 2.64. The van der Waals surface area contributed by atoms with E-state index in [2.05, 4.69) is 0 Å². The van der Waals surface area contributed by atoms with Crippen molar-refractivity contribution in [3.63, 3.8) is 0 Å². The van der Waals surface area contributed by atoms with E-state index in [1.165, 1.54) is 29.0 Å². The quantitative estimate of drug-likeness (QED) is 0.732. The molecule has 5 amide bonds. The van der Waals surface area contributed by atoms with Crippen LogP contribution in [0, 0.1) is 11.3 Å². The fraction of sp³-hybridized carbons (Fsp3) is 0.500. The van der Waals surface area contributed by atoms with Gasteiger partial charge < -0.3 is 15.7 Å². The van der Waals surface area contributed by atoms with Crippen LogP contribution in [0.2, 0.25) is 0 Å². The second kappa shape index (κ2) is 6.75. The number of benzene rings is 1. The zero-order valence-corrected chi connectivity index (χ0v) is 17.0. The molecule has 2 heterocycles. The number of carboxylic acid groups (broad SMARTS) is 1. The number of nitrogens with two attached hydrogens (primary N) is 1. The molecule has 2 aliphatic heterocycles. The number of piperidine rings is 1. The first-order valence-electron chi connectivity index (χ1n) is 9.41. The van der Waals surface area contributed by atoms with Crippen LogP contribution in [0.1, 0.15) is 37.6 Å². The number of imide groups is 1. The predicted molar refractivity (Wildman–Crippen MR) is 105 cm³/mol. The SMILES string of the molecule is CN1C(=O)N(c2ccc(C(N)=O)cc2)C2(CCN(C(=O)O)CC2C(C)(C)C)C1=O. The number of amides is 5. The molecule has 0 aromatic heterocycles. The van der Waals surface area contributed by atoms with Gasteiger partial charge >= 0.3 is 12.1 Å². The van der Waals surface area contributed by atoms with E-state index in [4.69, 9.17) is 5.73 Å². The van der Waals surface area contributed by atoms with Crippen LogP contribution in [0.5, 0.6) is 0 Å². The van der Waals surface area contributed by atoms with Crippen molar-refractivity contribution < 1.29 is 24.3 Å². The minimum absolute atomic E-state index is 0.140. The molecular formula is C20H26N4O5. The zero-order valence-electron chi connectivity index (χ0n) is 17.0. The van der Waals surface area contributed by atoms with E-state index in [0.29, 0.717) is 11.3 Å². The van der Waals surface area contributed by atoms with Crippen LogP contribution in [-0.4, -0.2) is 64.5 Å². The van der Waals surface area contributed by atoms with Gasteiger partial charge in [0, 0.05) is 37.3 Å². The summed E-state index contributed by atoms with van der Waals surface area (Å²) in [5, 5.41) is 9.49. The van der Waals surface area contributed by atoms with Crippen molar-refractivity contribution in [1.82, 2.24) is 9.80 Å². The highest BCUT2D eigenvalue weighted by molar-refractivity contribution is 6.17. The van der Waals surface area contributed by atoms with Gasteiger partial charge in [-0.05, 0) is 36.1 Å². The second-order valence-electron chi connectivity index (χ2n) is 8.71. The Hall–Kier alpha value is -3.10. The molecule has 0 radical (unpaired) electrons. The van der Waals surface area contributed by atoms with Gasteiger partial charge in [0.2, 0.25) is 5.91 Å². The fourth-order valence-electron chi connectivity index (χ4n) is 4.54. The topological polar surface area (TPSA) is 124 Å². The summed E-state index contributed by atoms with van der Waals surface area (Å²) in [4.78, 5) is 53.4. The van der Waals surface area contributed by atoms with E-state index in [1.807, 2.05) is 20.8 Å². The summed E-state index contributed by atoms with van der Waals surface area (Å²) in [5.41, 5.74) is 4.40. The number of carbonyl (C=O) groups excluding carboxylic acids is 3. The Labute approximate surface area is 169 Å². The molecule has 29 heavy (non-hydrogen) atoms. The molecular weight excluding hydrogens is 376 g/mol. The van der Waals surface area contributed by atoms with Crippen LogP contribution in [0.3, 0.4) is 0 Å². The van der Waals surface area contributed by atoms with Gasteiger partial charge in [-0.25, -0.2) is 9.59 Å². The van der Waals surface area contributed by atoms with Crippen molar-refractivity contribution >= 4 is 29.6 Å². The molecule has 156 valence electrons. The molecule has 0 aliphatic carbocycles. The normalized spacial score (nSPS) is 25.1. The molecule has 2 saturated heterocycles. The average molecular weight is 402 g/mol. The van der Waals surface area contributed by atoms with E-state index in [-0.39, 0.29) is 25.4 Å². The number of rotatable bonds is 2. The van der Waals surface area contributed by atoms with Gasteiger partial charge in [-0.3, -0.25) is 19.4 Å². The zero-order chi connectivity index (χ0) is 21.7. The summed E-state index contributed by atoms with van der Waals surface area (Å²) in [6, 6.07) is 5.74. The number of nitrogens with zero attached hydrogens (tertiary/aromatic N) is 3. The third-order valence-corrected chi connectivity index (χ3v) is 6.02. The van der Waals surface area contributed by atoms with Crippen LogP contribution in [0.4, 0.5) is 15.3 Å². The molecule has 1 spiro atoms. The van der Waals surface area contributed by atoms with Gasteiger partial charge in [0.05, 0.1) is 0 Å². The minimum Gasteiger partial charge on any atom is -0.465 e. The van der Waals surface area contributed by atoms with Crippen LogP contribution < -0.4 is 10.6 Å². The lowest BCUT2D eigenvalue weighted by Gasteiger charge is -2.52. The van der Waals surface area contributed by atoms with Crippen molar-refractivity contribution in [2.45, 2.75) is 32.7 Å². The lowest BCUT2D eigenvalue weighted by molar-refractivity contribution is -0.136. The van der Waals surface area contributed by atoms with Crippen LogP contribution in [0.25, 0.3) is 0 Å². The molecule has 2 aliphatic rings. The number of anilines is 1. The second-order valence-corrected chi connectivity index (χ2v) is 8.71. The highest BCUT2D eigenvalue weighted by atomic mass is 16.4. The van der Waals surface area contributed by atoms with E-state index >= 15 is 0 Å². The third-order valence-electron chi connectivity index (χ3n) is 6.02. The summed E-state index contributed by atoms with van der Waals surface area (Å²) < 4.78 is 0. The maximum absolute atomic E-state index is 13.4. The van der Waals surface area contributed by atoms with Gasteiger partial charge in [-0.2, -0.15) is 0 Å². The molecule has 3 N–H and O–H groups in total. The maximum Gasteiger partial charge on any atom is 0.407 e.